The average Bonchev–Trinajstić information content (AvgIpc) is 3.56. The Morgan fingerprint density at radius 2 is 2.03 bits per heavy atom. The van der Waals surface area contributed by atoms with E-state index in [1.165, 1.54) is 21.7 Å². The molecule has 1 aliphatic heterocycles. The molecule has 38 heavy (non-hydrogen) atoms. The highest BCUT2D eigenvalue weighted by molar-refractivity contribution is 8.00. The van der Waals surface area contributed by atoms with Crippen LogP contribution in [0.5, 0.6) is 0 Å². The quantitative estimate of drug-likeness (QED) is 0.236. The summed E-state index contributed by atoms with van der Waals surface area (Å²) in [4.78, 5) is 20.5. The van der Waals surface area contributed by atoms with Gasteiger partial charge >= 0.3 is 0 Å². The zero-order valence-electron chi connectivity index (χ0n) is 21.8. The van der Waals surface area contributed by atoms with Crippen LogP contribution in [-0.4, -0.2) is 54.2 Å². The normalized spacial score (nSPS) is 16.8. The fourth-order valence-electron chi connectivity index (χ4n) is 3.86. The average molecular weight is 576 g/mol. The van der Waals surface area contributed by atoms with E-state index in [0.29, 0.717) is 30.4 Å². The van der Waals surface area contributed by atoms with Crippen molar-refractivity contribution in [2.45, 2.75) is 59.9 Å². The van der Waals surface area contributed by atoms with Crippen molar-refractivity contribution in [3.63, 3.8) is 0 Å². The summed E-state index contributed by atoms with van der Waals surface area (Å²) in [7, 11) is -3.64. The summed E-state index contributed by atoms with van der Waals surface area (Å²) in [5.74, 6) is 2.03. The maximum Gasteiger partial charge on any atom is 0.243 e. The predicted octanol–water partition coefficient (Wildman–Crippen LogP) is 5.15. The zero-order valence-corrected chi connectivity index (χ0v) is 24.2. The molecule has 3 heterocycles. The fourth-order valence-corrected chi connectivity index (χ4v) is 7.18. The van der Waals surface area contributed by atoms with Gasteiger partial charge in [0.25, 0.3) is 0 Å². The lowest BCUT2D eigenvalue weighted by atomic mass is 9.94. The summed E-state index contributed by atoms with van der Waals surface area (Å²) in [5.41, 5.74) is 0.596. The summed E-state index contributed by atoms with van der Waals surface area (Å²) < 4.78 is 35.0. The Kier molecular flexibility index (Phi) is 8.96. The van der Waals surface area contributed by atoms with Gasteiger partial charge < -0.3 is 15.1 Å². The molecule has 2 N–H and O–H groups in total. The van der Waals surface area contributed by atoms with Crippen molar-refractivity contribution in [2.75, 3.05) is 30.3 Å². The standard InChI is InChI=1S/C26H33N5O4S3/c1-5-20(32)13-27-18-8-10-21(11-9-18)38(33,34)31-12-6-7-19(16-31)30-25-29-15-24(37-25)36-17-23-28-14-22(35-23)26(2,3)4/h5,8-11,14-15,19,27H,1,6-7,12-13,16-17H2,2-4H3,(H,29,30)/t19-/m1/s1. The van der Waals surface area contributed by atoms with Gasteiger partial charge in [0.15, 0.2) is 10.9 Å². The number of carbonyl (C=O) groups excluding carboxylic acids is 1. The third kappa shape index (κ3) is 7.25. The van der Waals surface area contributed by atoms with E-state index in [1.54, 1.807) is 42.2 Å². The van der Waals surface area contributed by atoms with Crippen molar-refractivity contribution < 1.29 is 17.6 Å². The van der Waals surface area contributed by atoms with Crippen molar-refractivity contribution >= 4 is 49.7 Å². The van der Waals surface area contributed by atoms with E-state index >= 15 is 0 Å². The highest BCUT2D eigenvalue weighted by atomic mass is 32.2. The van der Waals surface area contributed by atoms with Gasteiger partial charge in [-0.15, -0.1) is 11.8 Å². The lowest BCUT2D eigenvalue weighted by molar-refractivity contribution is -0.113. The number of sulfonamides is 1. The van der Waals surface area contributed by atoms with Gasteiger partial charge in [-0.2, -0.15) is 4.31 Å². The van der Waals surface area contributed by atoms with Gasteiger partial charge in [-0.3, -0.25) is 4.79 Å². The Hall–Kier alpha value is -2.67. The van der Waals surface area contributed by atoms with Crippen LogP contribution in [0.2, 0.25) is 0 Å². The minimum atomic E-state index is -3.64. The van der Waals surface area contributed by atoms with E-state index in [2.05, 4.69) is 48.0 Å². The molecule has 9 nitrogen and oxygen atoms in total. The number of oxazole rings is 1. The van der Waals surface area contributed by atoms with E-state index in [-0.39, 0.29) is 28.7 Å². The van der Waals surface area contributed by atoms with Gasteiger partial charge in [-0.05, 0) is 43.2 Å². The number of anilines is 2. The maximum atomic E-state index is 13.3. The number of ketones is 1. The second-order valence-corrected chi connectivity index (χ2v) is 14.3. The first-order valence-corrected chi connectivity index (χ1v) is 15.6. The monoisotopic (exact) mass is 575 g/mol. The van der Waals surface area contributed by atoms with Gasteiger partial charge in [0.1, 0.15) is 5.76 Å². The molecule has 0 unspecified atom stereocenters. The number of carbonyl (C=O) groups is 1. The summed E-state index contributed by atoms with van der Waals surface area (Å²) in [6.45, 7) is 10.7. The number of thiazole rings is 1. The number of hydrogen-bond acceptors (Lipinski definition) is 10. The summed E-state index contributed by atoms with van der Waals surface area (Å²) in [5, 5.41) is 7.15. The number of rotatable bonds is 11. The van der Waals surface area contributed by atoms with Crippen molar-refractivity contribution in [3.05, 3.63) is 61.0 Å². The molecule has 1 atom stereocenters. The van der Waals surface area contributed by atoms with Gasteiger partial charge in [0, 0.05) is 30.2 Å². The first kappa shape index (κ1) is 28.3. The van der Waals surface area contributed by atoms with Crippen LogP contribution in [0, 0.1) is 0 Å². The smallest absolute Gasteiger partial charge is 0.243 e. The largest absolute Gasteiger partial charge is 0.444 e. The Labute approximate surface area is 232 Å². The van der Waals surface area contributed by atoms with Crippen LogP contribution in [-0.2, 0) is 26.0 Å². The van der Waals surface area contributed by atoms with Crippen LogP contribution < -0.4 is 10.6 Å². The molecule has 1 fully saturated rings. The molecule has 1 aliphatic rings. The zero-order chi connectivity index (χ0) is 27.3. The summed E-state index contributed by atoms with van der Waals surface area (Å²) in [6.07, 6.45) is 6.48. The molecule has 0 amide bonds. The number of benzene rings is 1. The van der Waals surface area contributed by atoms with Crippen molar-refractivity contribution in [2.24, 2.45) is 0 Å². The molecule has 0 radical (unpaired) electrons. The van der Waals surface area contributed by atoms with Gasteiger partial charge in [-0.1, -0.05) is 38.7 Å². The van der Waals surface area contributed by atoms with Crippen LogP contribution in [0.3, 0.4) is 0 Å². The molecule has 0 spiro atoms. The van der Waals surface area contributed by atoms with E-state index in [0.717, 1.165) is 27.9 Å². The first-order valence-electron chi connectivity index (χ1n) is 12.3. The van der Waals surface area contributed by atoms with Crippen LogP contribution in [0.15, 0.2) is 62.8 Å². The lowest BCUT2D eigenvalue weighted by Crippen LogP contribution is -2.45. The van der Waals surface area contributed by atoms with Gasteiger partial charge in [0.2, 0.25) is 15.9 Å². The number of aromatic nitrogens is 2. The summed E-state index contributed by atoms with van der Waals surface area (Å²) >= 11 is 3.15. The maximum absolute atomic E-state index is 13.3. The molecular formula is C26H33N5O4S3. The lowest BCUT2D eigenvalue weighted by Gasteiger charge is -2.32. The van der Waals surface area contributed by atoms with Crippen LogP contribution >= 0.6 is 23.1 Å². The molecule has 1 aromatic carbocycles. The molecule has 0 saturated carbocycles. The molecular weight excluding hydrogens is 543 g/mol. The fraction of sp³-hybridized carbons (Fsp3) is 0.423. The van der Waals surface area contributed by atoms with Crippen molar-refractivity contribution in [1.29, 1.82) is 0 Å². The minimum absolute atomic E-state index is 0.0329. The third-order valence-electron chi connectivity index (χ3n) is 6.01. The van der Waals surface area contributed by atoms with Crippen LogP contribution in [0.1, 0.15) is 45.3 Å². The molecule has 2 aromatic heterocycles. The number of nitrogens with one attached hydrogen (secondary N) is 2. The van der Waals surface area contributed by atoms with E-state index in [9.17, 15) is 13.2 Å². The molecule has 0 aliphatic carbocycles. The second kappa shape index (κ2) is 12.0. The topological polar surface area (TPSA) is 117 Å². The summed E-state index contributed by atoms with van der Waals surface area (Å²) in [6, 6.07) is 6.43. The Morgan fingerprint density at radius 3 is 2.71 bits per heavy atom. The van der Waals surface area contributed by atoms with E-state index < -0.39 is 10.0 Å². The van der Waals surface area contributed by atoms with E-state index in [1.807, 2.05) is 6.20 Å². The molecule has 12 heteroatoms. The molecule has 0 bridgehead atoms. The number of thioether (sulfide) groups is 1. The van der Waals surface area contributed by atoms with Gasteiger partial charge in [0.05, 0.1) is 33.8 Å². The SMILES string of the molecule is C=CC(=O)CNc1ccc(S(=O)(=O)N2CCC[C@@H](Nc3ncc(SCc4ncc(C(C)(C)C)o4)s3)C2)cc1. The molecule has 204 valence electrons. The van der Waals surface area contributed by atoms with E-state index in [4.69, 9.17) is 4.42 Å². The predicted molar refractivity (Wildman–Crippen MR) is 152 cm³/mol. The third-order valence-corrected chi connectivity index (χ3v) is 10.0. The Bertz CT molecular complexity index is 1360. The number of piperidine rings is 1. The number of hydrogen-bond donors (Lipinski definition) is 2. The Balaban J connectivity index is 1.31. The Morgan fingerprint density at radius 1 is 1.26 bits per heavy atom. The number of nitrogens with zero attached hydrogens (tertiary/aromatic N) is 3. The first-order chi connectivity index (χ1) is 18.0. The molecule has 4 rings (SSSR count). The van der Waals surface area contributed by atoms with Gasteiger partial charge in [-0.25, -0.2) is 18.4 Å². The molecule has 3 aromatic rings. The van der Waals surface area contributed by atoms with Crippen molar-refractivity contribution in [1.82, 2.24) is 14.3 Å². The highest BCUT2D eigenvalue weighted by Gasteiger charge is 2.30. The molecule has 1 saturated heterocycles. The van der Waals surface area contributed by atoms with Crippen molar-refractivity contribution in [3.8, 4) is 0 Å². The van der Waals surface area contributed by atoms with Crippen LogP contribution in [0.4, 0.5) is 10.8 Å². The van der Waals surface area contributed by atoms with Crippen LogP contribution in [0.25, 0.3) is 0 Å². The minimum Gasteiger partial charge on any atom is -0.444 e. The second-order valence-electron chi connectivity index (χ2n) is 10.0. The highest BCUT2D eigenvalue weighted by Crippen LogP contribution is 2.33.